The molecule has 3 amide bonds. The van der Waals surface area contributed by atoms with E-state index in [1.54, 1.807) is 16.2 Å². The van der Waals surface area contributed by atoms with Gasteiger partial charge < -0.3 is 4.90 Å². The van der Waals surface area contributed by atoms with Gasteiger partial charge in [-0.2, -0.15) is 0 Å². The minimum absolute atomic E-state index is 0.0137. The zero-order valence-electron chi connectivity index (χ0n) is 12.2. The molecule has 112 valence electrons. The van der Waals surface area contributed by atoms with E-state index in [2.05, 4.69) is 5.32 Å². The maximum Gasteiger partial charge on any atom is 0.255 e. The van der Waals surface area contributed by atoms with Crippen LogP contribution in [-0.2, 0) is 16.0 Å². The van der Waals surface area contributed by atoms with E-state index < -0.39 is 5.41 Å². The Hall–Kier alpha value is -1.69. The van der Waals surface area contributed by atoms with Gasteiger partial charge in [0.05, 0.1) is 11.0 Å². The first kappa shape index (κ1) is 14.3. The van der Waals surface area contributed by atoms with Crippen molar-refractivity contribution in [1.82, 2.24) is 10.2 Å². The topological polar surface area (TPSA) is 66.5 Å². The van der Waals surface area contributed by atoms with E-state index in [1.807, 2.05) is 19.2 Å². The number of likely N-dealkylation sites (tertiary alicyclic amines) is 1. The van der Waals surface area contributed by atoms with Crippen LogP contribution in [0.25, 0.3) is 0 Å². The molecule has 1 spiro atoms. The molecule has 1 N–H and O–H groups in total. The zero-order chi connectivity index (χ0) is 15.2. The fourth-order valence-corrected chi connectivity index (χ4v) is 4.27. The minimum atomic E-state index is -0.690. The number of amides is 3. The number of thiophene rings is 1. The van der Waals surface area contributed by atoms with Crippen LogP contribution in [-0.4, -0.2) is 35.7 Å². The molecule has 1 aromatic heterocycles. The van der Waals surface area contributed by atoms with Crippen LogP contribution in [0.3, 0.4) is 0 Å². The Bertz CT molecular complexity index is 637. The van der Waals surface area contributed by atoms with Gasteiger partial charge in [0.2, 0.25) is 11.8 Å². The molecule has 2 saturated heterocycles. The van der Waals surface area contributed by atoms with Gasteiger partial charge in [0.1, 0.15) is 0 Å². The number of hydrogen-bond acceptors (Lipinski definition) is 4. The molecule has 21 heavy (non-hydrogen) atoms. The largest absolute Gasteiger partial charge is 0.337 e. The van der Waals surface area contributed by atoms with E-state index in [4.69, 9.17) is 0 Å². The van der Waals surface area contributed by atoms with Crippen LogP contribution in [0.1, 0.15) is 40.6 Å². The summed E-state index contributed by atoms with van der Waals surface area (Å²) >= 11 is 1.59. The molecule has 0 radical (unpaired) electrons. The number of carbonyl (C=O) groups is 3. The molecule has 0 aromatic carbocycles. The Kier molecular flexibility index (Phi) is 3.36. The lowest BCUT2D eigenvalue weighted by molar-refractivity contribution is -0.128. The van der Waals surface area contributed by atoms with Gasteiger partial charge >= 0.3 is 0 Å². The van der Waals surface area contributed by atoms with Crippen LogP contribution in [0.2, 0.25) is 0 Å². The van der Waals surface area contributed by atoms with Gasteiger partial charge in [0.25, 0.3) is 5.91 Å². The van der Waals surface area contributed by atoms with Crippen LogP contribution in [0.15, 0.2) is 5.38 Å². The highest BCUT2D eigenvalue weighted by molar-refractivity contribution is 7.10. The van der Waals surface area contributed by atoms with Crippen molar-refractivity contribution in [3.63, 3.8) is 0 Å². The fraction of sp³-hybridized carbons (Fsp3) is 0.533. The van der Waals surface area contributed by atoms with E-state index in [1.165, 1.54) is 4.88 Å². The third kappa shape index (κ3) is 2.18. The summed E-state index contributed by atoms with van der Waals surface area (Å²) in [7, 11) is 0. The van der Waals surface area contributed by atoms with Crippen LogP contribution in [0.4, 0.5) is 0 Å². The average molecular weight is 306 g/mol. The second-order valence-electron chi connectivity index (χ2n) is 5.85. The molecule has 0 aliphatic carbocycles. The van der Waals surface area contributed by atoms with Crippen molar-refractivity contribution < 1.29 is 14.4 Å². The molecular weight excluding hydrogens is 288 g/mol. The predicted molar refractivity (Wildman–Crippen MR) is 79.2 cm³/mol. The highest BCUT2D eigenvalue weighted by atomic mass is 32.1. The summed E-state index contributed by atoms with van der Waals surface area (Å²) < 4.78 is 0. The summed E-state index contributed by atoms with van der Waals surface area (Å²) in [4.78, 5) is 39.0. The monoisotopic (exact) mass is 306 g/mol. The quantitative estimate of drug-likeness (QED) is 0.842. The number of hydrogen-bond donors (Lipinski definition) is 1. The number of imide groups is 1. The molecule has 0 saturated carbocycles. The molecule has 2 fully saturated rings. The second kappa shape index (κ2) is 4.94. The van der Waals surface area contributed by atoms with E-state index in [0.29, 0.717) is 19.5 Å². The zero-order valence-corrected chi connectivity index (χ0v) is 13.0. The number of aryl methyl sites for hydroxylation is 1. The lowest BCUT2D eigenvalue weighted by atomic mass is 9.85. The molecule has 0 unspecified atom stereocenters. The third-order valence-corrected chi connectivity index (χ3v) is 5.52. The number of carbonyl (C=O) groups excluding carboxylic acids is 3. The number of rotatable bonds is 2. The SMILES string of the molecule is CCc1c(C(=O)N2CC[C@@]3(CC(=O)NC3=O)C2)csc1C. The molecule has 2 aliphatic heterocycles. The first-order chi connectivity index (χ1) is 9.97. The normalized spacial score (nSPS) is 25.0. The summed E-state index contributed by atoms with van der Waals surface area (Å²) in [5, 5.41) is 4.27. The molecule has 1 atom stereocenters. The maximum absolute atomic E-state index is 12.7. The molecule has 6 heteroatoms. The van der Waals surface area contributed by atoms with Gasteiger partial charge in [0, 0.05) is 29.8 Å². The predicted octanol–water partition coefficient (Wildman–Crippen LogP) is 1.50. The maximum atomic E-state index is 12.7. The summed E-state index contributed by atoms with van der Waals surface area (Å²) in [6.45, 7) is 4.95. The van der Waals surface area contributed by atoms with Crippen LogP contribution >= 0.6 is 11.3 Å². The van der Waals surface area contributed by atoms with Crippen molar-refractivity contribution in [2.24, 2.45) is 5.41 Å². The summed E-state index contributed by atoms with van der Waals surface area (Å²) in [5.41, 5.74) is 1.16. The molecule has 1 aromatic rings. The van der Waals surface area contributed by atoms with E-state index >= 15 is 0 Å². The van der Waals surface area contributed by atoms with E-state index in [0.717, 1.165) is 17.5 Å². The fourth-order valence-electron chi connectivity index (χ4n) is 3.33. The Morgan fingerprint density at radius 1 is 1.48 bits per heavy atom. The van der Waals surface area contributed by atoms with Gasteiger partial charge in [0.15, 0.2) is 0 Å². The van der Waals surface area contributed by atoms with Gasteiger partial charge in [-0.1, -0.05) is 6.92 Å². The van der Waals surface area contributed by atoms with Crippen molar-refractivity contribution in [1.29, 1.82) is 0 Å². The second-order valence-corrected chi connectivity index (χ2v) is 6.93. The number of nitrogens with zero attached hydrogens (tertiary/aromatic N) is 1. The third-order valence-electron chi connectivity index (χ3n) is 4.56. The first-order valence-corrected chi connectivity index (χ1v) is 8.05. The van der Waals surface area contributed by atoms with Gasteiger partial charge in [-0.3, -0.25) is 19.7 Å². The Morgan fingerprint density at radius 2 is 2.24 bits per heavy atom. The Morgan fingerprint density at radius 3 is 2.86 bits per heavy atom. The highest BCUT2D eigenvalue weighted by Gasteiger charge is 2.51. The summed E-state index contributed by atoms with van der Waals surface area (Å²) in [6.07, 6.45) is 1.61. The van der Waals surface area contributed by atoms with Crippen LogP contribution in [0.5, 0.6) is 0 Å². The van der Waals surface area contributed by atoms with Crippen LogP contribution in [0, 0.1) is 12.3 Å². The van der Waals surface area contributed by atoms with Crippen molar-refractivity contribution >= 4 is 29.1 Å². The van der Waals surface area contributed by atoms with Gasteiger partial charge in [-0.05, 0) is 25.3 Å². The molecule has 5 nitrogen and oxygen atoms in total. The van der Waals surface area contributed by atoms with Crippen molar-refractivity contribution in [2.45, 2.75) is 33.1 Å². The van der Waals surface area contributed by atoms with Crippen molar-refractivity contribution in [3.05, 3.63) is 21.4 Å². The van der Waals surface area contributed by atoms with Gasteiger partial charge in [-0.25, -0.2) is 0 Å². The molecule has 0 bridgehead atoms. The summed E-state index contributed by atoms with van der Waals surface area (Å²) in [6, 6.07) is 0. The molecule has 2 aliphatic rings. The molecule has 3 rings (SSSR count). The standard InChI is InChI=1S/C15H18N2O3S/c1-3-10-9(2)21-7-11(10)13(19)17-5-4-15(8-17)6-12(18)16-14(15)20/h7H,3-6,8H2,1-2H3,(H,16,18,20)/t15-/m1/s1. The van der Waals surface area contributed by atoms with Crippen molar-refractivity contribution in [2.75, 3.05) is 13.1 Å². The average Bonchev–Trinajstić information content (AvgIpc) is 3.09. The lowest BCUT2D eigenvalue weighted by Crippen LogP contribution is -2.36. The Balaban J connectivity index is 1.82. The van der Waals surface area contributed by atoms with Gasteiger partial charge in [-0.15, -0.1) is 11.3 Å². The smallest absolute Gasteiger partial charge is 0.255 e. The molecule has 3 heterocycles. The highest BCUT2D eigenvalue weighted by Crippen LogP contribution is 2.38. The Labute approximate surface area is 127 Å². The van der Waals surface area contributed by atoms with Crippen LogP contribution < -0.4 is 5.32 Å². The van der Waals surface area contributed by atoms with Crippen molar-refractivity contribution in [3.8, 4) is 0 Å². The first-order valence-electron chi connectivity index (χ1n) is 7.17. The summed E-state index contributed by atoms with van der Waals surface area (Å²) in [5.74, 6) is -0.463. The minimum Gasteiger partial charge on any atom is -0.337 e. The number of nitrogens with one attached hydrogen (secondary N) is 1. The van der Waals surface area contributed by atoms with E-state index in [9.17, 15) is 14.4 Å². The lowest BCUT2D eigenvalue weighted by Gasteiger charge is -2.20. The molecular formula is C15H18N2O3S. The van der Waals surface area contributed by atoms with E-state index in [-0.39, 0.29) is 24.1 Å².